The summed E-state index contributed by atoms with van der Waals surface area (Å²) in [7, 11) is 4.20. The van der Waals surface area contributed by atoms with Gasteiger partial charge in [0.15, 0.2) is 0 Å². The van der Waals surface area contributed by atoms with Crippen molar-refractivity contribution in [1.29, 1.82) is 0 Å². The van der Waals surface area contributed by atoms with Crippen LogP contribution in [0, 0.1) is 0 Å². The monoisotopic (exact) mass is 185 g/mol. The maximum atomic E-state index is 10.6. The van der Waals surface area contributed by atoms with Gasteiger partial charge in [-0.15, -0.1) is 0 Å². The predicted octanol–water partition coefficient (Wildman–Crippen LogP) is -0.502. The quantitative estimate of drug-likeness (QED) is 0.642. The van der Waals surface area contributed by atoms with Gasteiger partial charge < -0.3 is 15.5 Å². The minimum absolute atomic E-state index is 0.201. The first kappa shape index (κ1) is 10.5. The van der Waals surface area contributed by atoms with Crippen LogP contribution in [0.25, 0.3) is 0 Å². The van der Waals surface area contributed by atoms with Crippen molar-refractivity contribution in [2.24, 2.45) is 5.73 Å². The maximum Gasteiger partial charge on any atom is 0.218 e. The number of carbonyl (C=O) groups is 1. The number of carbonyl (C=O) groups excluding carboxylic acids is 1. The Hall–Kier alpha value is -0.610. The van der Waals surface area contributed by atoms with Crippen molar-refractivity contribution in [1.82, 2.24) is 9.80 Å². The van der Waals surface area contributed by atoms with Crippen LogP contribution < -0.4 is 5.73 Å². The van der Waals surface area contributed by atoms with E-state index in [2.05, 4.69) is 23.9 Å². The number of amides is 1. The van der Waals surface area contributed by atoms with Gasteiger partial charge in [0.05, 0.1) is 0 Å². The van der Waals surface area contributed by atoms with Gasteiger partial charge in [-0.2, -0.15) is 0 Å². The fourth-order valence-electron chi connectivity index (χ4n) is 1.71. The summed E-state index contributed by atoms with van der Waals surface area (Å²) in [5.41, 5.74) is 5.09. The molecule has 1 aliphatic rings. The van der Waals surface area contributed by atoms with E-state index in [0.717, 1.165) is 19.6 Å². The summed E-state index contributed by atoms with van der Waals surface area (Å²) in [6, 6.07) is 0.646. The van der Waals surface area contributed by atoms with Gasteiger partial charge >= 0.3 is 0 Å². The van der Waals surface area contributed by atoms with Crippen LogP contribution >= 0.6 is 0 Å². The molecule has 13 heavy (non-hydrogen) atoms. The third kappa shape index (κ3) is 3.32. The molecule has 0 aromatic heterocycles. The van der Waals surface area contributed by atoms with E-state index in [1.54, 1.807) is 0 Å². The van der Waals surface area contributed by atoms with Crippen molar-refractivity contribution >= 4 is 5.91 Å². The molecule has 1 amide bonds. The highest BCUT2D eigenvalue weighted by atomic mass is 16.1. The highest BCUT2D eigenvalue weighted by molar-refractivity contribution is 5.73. The molecule has 0 saturated carbocycles. The van der Waals surface area contributed by atoms with Crippen LogP contribution in [0.2, 0.25) is 0 Å². The lowest BCUT2D eigenvalue weighted by molar-refractivity contribution is -0.118. The fraction of sp³-hybridized carbons (Fsp3) is 0.889. The summed E-state index contributed by atoms with van der Waals surface area (Å²) in [6.45, 7) is 2.98. The average molecular weight is 185 g/mol. The molecule has 2 N–H and O–H groups in total. The number of nitrogens with two attached hydrogens (primary N) is 1. The van der Waals surface area contributed by atoms with Crippen LogP contribution in [-0.2, 0) is 4.79 Å². The van der Waals surface area contributed by atoms with Crippen molar-refractivity contribution in [2.45, 2.75) is 18.9 Å². The molecular formula is C9H19N3O. The van der Waals surface area contributed by atoms with Crippen molar-refractivity contribution in [2.75, 3.05) is 33.7 Å². The summed E-state index contributed by atoms with van der Waals surface area (Å²) in [5.74, 6) is -0.201. The summed E-state index contributed by atoms with van der Waals surface area (Å²) in [4.78, 5) is 15.1. The number of hydrogen-bond donors (Lipinski definition) is 1. The van der Waals surface area contributed by atoms with Crippen molar-refractivity contribution in [3.05, 3.63) is 0 Å². The summed E-state index contributed by atoms with van der Waals surface area (Å²) >= 11 is 0. The van der Waals surface area contributed by atoms with Crippen molar-refractivity contribution in [3.8, 4) is 0 Å². The van der Waals surface area contributed by atoms with Crippen LogP contribution in [0.5, 0.6) is 0 Å². The first-order valence-electron chi connectivity index (χ1n) is 4.76. The highest BCUT2D eigenvalue weighted by Crippen LogP contribution is 2.12. The lowest BCUT2D eigenvalue weighted by Gasteiger charge is -2.19. The topological polar surface area (TPSA) is 49.6 Å². The largest absolute Gasteiger partial charge is 0.370 e. The molecule has 76 valence electrons. The molecule has 1 aliphatic heterocycles. The van der Waals surface area contributed by atoms with Crippen molar-refractivity contribution < 1.29 is 4.79 Å². The summed E-state index contributed by atoms with van der Waals surface area (Å²) in [5, 5.41) is 0. The Balaban J connectivity index is 2.21. The Morgan fingerprint density at radius 1 is 1.62 bits per heavy atom. The second-order valence-electron chi connectivity index (χ2n) is 3.92. The summed E-state index contributed by atoms with van der Waals surface area (Å²) in [6.07, 6.45) is 1.69. The normalized spacial score (nSPS) is 24.1. The molecule has 0 bridgehead atoms. The smallest absolute Gasteiger partial charge is 0.218 e. The molecule has 1 saturated heterocycles. The zero-order valence-corrected chi connectivity index (χ0v) is 8.49. The zero-order valence-electron chi connectivity index (χ0n) is 8.49. The lowest BCUT2D eigenvalue weighted by atomic mass is 10.2. The van der Waals surface area contributed by atoms with Gasteiger partial charge in [-0.05, 0) is 27.1 Å². The molecule has 1 rings (SSSR count). The number of nitrogens with zero attached hydrogens (tertiary/aromatic N) is 2. The molecule has 0 aliphatic carbocycles. The Morgan fingerprint density at radius 3 is 2.77 bits per heavy atom. The number of likely N-dealkylation sites (N-methyl/N-ethyl adjacent to an activating group) is 1. The highest BCUT2D eigenvalue weighted by Gasteiger charge is 2.23. The predicted molar refractivity (Wildman–Crippen MR) is 52.3 cm³/mol. The number of primary amides is 1. The minimum Gasteiger partial charge on any atom is -0.370 e. The fourth-order valence-corrected chi connectivity index (χ4v) is 1.71. The van der Waals surface area contributed by atoms with E-state index in [0.29, 0.717) is 12.5 Å². The Bertz CT molecular complexity index is 182. The van der Waals surface area contributed by atoms with Crippen molar-refractivity contribution in [3.63, 3.8) is 0 Å². The van der Waals surface area contributed by atoms with Crippen LogP contribution in [0.4, 0.5) is 0 Å². The average Bonchev–Trinajstić information content (AvgIpc) is 2.48. The Morgan fingerprint density at radius 2 is 2.31 bits per heavy atom. The first-order chi connectivity index (χ1) is 6.09. The Kier molecular flexibility index (Phi) is 3.69. The lowest BCUT2D eigenvalue weighted by Crippen LogP contribution is -2.32. The van der Waals surface area contributed by atoms with Gasteiger partial charge in [0.1, 0.15) is 0 Å². The van der Waals surface area contributed by atoms with Gasteiger partial charge in [-0.25, -0.2) is 0 Å². The second kappa shape index (κ2) is 4.58. The SMILES string of the molecule is CN(C)[C@H]1CCN(CCC(N)=O)C1. The molecule has 4 nitrogen and oxygen atoms in total. The molecule has 0 radical (unpaired) electrons. The molecule has 4 heteroatoms. The van der Waals surface area contributed by atoms with E-state index in [-0.39, 0.29) is 5.91 Å². The number of hydrogen-bond acceptors (Lipinski definition) is 3. The Labute approximate surface area is 79.7 Å². The minimum atomic E-state index is -0.201. The van der Waals surface area contributed by atoms with Crippen LogP contribution in [0.3, 0.4) is 0 Å². The van der Waals surface area contributed by atoms with E-state index in [9.17, 15) is 4.79 Å². The second-order valence-corrected chi connectivity index (χ2v) is 3.92. The van der Waals surface area contributed by atoms with Gasteiger partial charge in [0, 0.05) is 25.6 Å². The molecule has 1 heterocycles. The van der Waals surface area contributed by atoms with E-state index >= 15 is 0 Å². The molecule has 1 fully saturated rings. The van der Waals surface area contributed by atoms with E-state index < -0.39 is 0 Å². The van der Waals surface area contributed by atoms with Gasteiger partial charge in [0.2, 0.25) is 5.91 Å². The molecule has 0 spiro atoms. The molecular weight excluding hydrogens is 166 g/mol. The first-order valence-corrected chi connectivity index (χ1v) is 4.76. The van der Waals surface area contributed by atoms with Gasteiger partial charge in [-0.3, -0.25) is 4.79 Å². The molecule has 1 atom stereocenters. The van der Waals surface area contributed by atoms with Gasteiger partial charge in [-0.1, -0.05) is 0 Å². The third-order valence-electron chi connectivity index (χ3n) is 2.65. The third-order valence-corrected chi connectivity index (χ3v) is 2.65. The number of likely N-dealkylation sites (tertiary alicyclic amines) is 1. The van der Waals surface area contributed by atoms with E-state index in [4.69, 9.17) is 5.73 Å². The maximum absolute atomic E-state index is 10.6. The molecule has 0 aromatic carbocycles. The van der Waals surface area contributed by atoms with E-state index in [1.807, 2.05) is 0 Å². The standard InChI is InChI=1S/C9H19N3O/c1-11(2)8-3-5-12(7-8)6-4-9(10)13/h8H,3-7H2,1-2H3,(H2,10,13)/t8-/m0/s1. The van der Waals surface area contributed by atoms with Crippen LogP contribution in [0.1, 0.15) is 12.8 Å². The zero-order chi connectivity index (χ0) is 9.84. The van der Waals surface area contributed by atoms with Gasteiger partial charge in [0.25, 0.3) is 0 Å². The summed E-state index contributed by atoms with van der Waals surface area (Å²) < 4.78 is 0. The molecule has 0 aromatic rings. The van der Waals surface area contributed by atoms with E-state index in [1.165, 1.54) is 6.42 Å². The van der Waals surface area contributed by atoms with Crippen LogP contribution in [-0.4, -0.2) is 55.5 Å². The number of rotatable bonds is 4. The molecule has 0 unspecified atom stereocenters. The van der Waals surface area contributed by atoms with Crippen LogP contribution in [0.15, 0.2) is 0 Å².